The molecule has 1 unspecified atom stereocenters. The molecule has 0 aromatic rings. The van der Waals surface area contributed by atoms with E-state index in [1.165, 1.54) is 83.5 Å². The molecular formula is C19H38O3. The number of carbonyl (C=O) groups excluding carboxylic acids is 1. The van der Waals surface area contributed by atoms with E-state index in [4.69, 9.17) is 4.74 Å². The Morgan fingerprint density at radius 2 is 1.14 bits per heavy atom. The van der Waals surface area contributed by atoms with Crippen LogP contribution in [0, 0.1) is 0 Å². The number of unbranched alkanes of at least 4 members (excludes halogenated alkanes) is 13. The monoisotopic (exact) mass is 314 g/mol. The van der Waals surface area contributed by atoms with Crippen LogP contribution in [0.2, 0.25) is 0 Å². The quantitative estimate of drug-likeness (QED) is 0.228. The maximum atomic E-state index is 10.7. The molecule has 132 valence electrons. The zero-order chi connectivity index (χ0) is 15.2. The van der Waals surface area contributed by atoms with Crippen LogP contribution in [0.25, 0.3) is 0 Å². The molecule has 0 amide bonds. The van der Waals surface area contributed by atoms with Crippen LogP contribution in [0.1, 0.15) is 103 Å². The van der Waals surface area contributed by atoms with Crippen molar-refractivity contribution in [3.05, 3.63) is 0 Å². The highest BCUT2D eigenvalue weighted by molar-refractivity contribution is 5.66. The third kappa shape index (κ3) is 11.2. The number of hydrogen-bond acceptors (Lipinski definition) is 2. The zero-order valence-corrected chi connectivity index (χ0v) is 14.7. The Morgan fingerprint density at radius 1 is 0.773 bits per heavy atom. The van der Waals surface area contributed by atoms with E-state index in [1.54, 1.807) is 0 Å². The Kier molecular flexibility index (Phi) is 13.9. The van der Waals surface area contributed by atoms with Gasteiger partial charge in [0.25, 0.3) is 0 Å². The van der Waals surface area contributed by atoms with Gasteiger partial charge >= 0.3 is 0 Å². The van der Waals surface area contributed by atoms with Crippen molar-refractivity contribution in [1.29, 1.82) is 0 Å². The van der Waals surface area contributed by atoms with Gasteiger partial charge < -0.3 is 15.0 Å². The normalized spacial score (nSPS) is 19.7. The third-order valence-electron chi connectivity index (χ3n) is 4.68. The molecule has 1 rings (SSSR count). The number of epoxide rings is 1. The van der Waals surface area contributed by atoms with Crippen molar-refractivity contribution >= 4 is 6.29 Å². The Hall–Kier alpha value is -0.410. The van der Waals surface area contributed by atoms with E-state index in [9.17, 15) is 4.79 Å². The molecule has 0 aliphatic carbocycles. The molecule has 0 spiro atoms. The summed E-state index contributed by atoms with van der Waals surface area (Å²) in [5, 5.41) is 0. The zero-order valence-electron chi connectivity index (χ0n) is 14.7. The number of carbonyl (C=O) groups is 1. The molecule has 0 aromatic carbocycles. The van der Waals surface area contributed by atoms with Gasteiger partial charge in [-0.05, 0) is 6.42 Å². The van der Waals surface area contributed by atoms with Crippen LogP contribution >= 0.6 is 0 Å². The summed E-state index contributed by atoms with van der Waals surface area (Å²) in [6.45, 7) is 2.94. The predicted molar refractivity (Wildman–Crippen MR) is 93.3 cm³/mol. The van der Waals surface area contributed by atoms with Crippen molar-refractivity contribution in [3.8, 4) is 0 Å². The Bertz CT molecular complexity index is 249. The molecule has 3 nitrogen and oxygen atoms in total. The molecule has 1 aliphatic rings. The van der Waals surface area contributed by atoms with Crippen molar-refractivity contribution in [2.45, 2.75) is 109 Å². The second-order valence-electron chi connectivity index (χ2n) is 6.82. The lowest BCUT2D eigenvalue weighted by molar-refractivity contribution is -0.112. The van der Waals surface area contributed by atoms with Gasteiger partial charge in [-0.15, -0.1) is 0 Å². The topological polar surface area (TPSA) is 61.1 Å². The maximum Gasteiger partial charge on any atom is 0.154 e. The molecule has 0 aromatic heterocycles. The molecule has 3 heteroatoms. The molecule has 0 saturated carbocycles. The van der Waals surface area contributed by atoms with Gasteiger partial charge in [-0.25, -0.2) is 0 Å². The molecule has 1 heterocycles. The standard InChI is InChI=1S/C19H36O2.H2O/c1-2-3-4-5-6-7-8-9-10-11-12-13-14-15-16-19(17-20)18-21-19;/h17H,2-16,18H2,1H3;1H2. The van der Waals surface area contributed by atoms with Crippen LogP contribution in [0.4, 0.5) is 0 Å². The summed E-state index contributed by atoms with van der Waals surface area (Å²) in [5.41, 5.74) is -0.350. The third-order valence-corrected chi connectivity index (χ3v) is 4.68. The molecule has 1 fully saturated rings. The molecule has 0 radical (unpaired) electrons. The lowest BCUT2D eigenvalue weighted by Gasteiger charge is -2.04. The lowest BCUT2D eigenvalue weighted by Crippen LogP contribution is -2.11. The van der Waals surface area contributed by atoms with Gasteiger partial charge in [0.15, 0.2) is 6.29 Å². The van der Waals surface area contributed by atoms with Gasteiger partial charge in [0.2, 0.25) is 0 Å². The highest BCUT2D eigenvalue weighted by Gasteiger charge is 2.43. The summed E-state index contributed by atoms with van der Waals surface area (Å²) in [7, 11) is 0. The van der Waals surface area contributed by atoms with Crippen molar-refractivity contribution in [1.82, 2.24) is 0 Å². The first kappa shape index (κ1) is 21.6. The summed E-state index contributed by atoms with van der Waals surface area (Å²) in [4.78, 5) is 10.7. The smallest absolute Gasteiger partial charge is 0.154 e. The fourth-order valence-electron chi connectivity index (χ4n) is 2.98. The Balaban J connectivity index is 0.00000441. The summed E-state index contributed by atoms with van der Waals surface area (Å²) in [5.74, 6) is 0. The van der Waals surface area contributed by atoms with E-state index in [1.807, 2.05) is 0 Å². The minimum Gasteiger partial charge on any atom is -0.412 e. The minimum atomic E-state index is -0.350. The van der Waals surface area contributed by atoms with Crippen LogP contribution in [-0.4, -0.2) is 24.0 Å². The molecule has 1 aliphatic heterocycles. The van der Waals surface area contributed by atoms with Crippen LogP contribution in [0.15, 0.2) is 0 Å². The first-order chi connectivity index (χ1) is 10.3. The van der Waals surface area contributed by atoms with Crippen LogP contribution in [-0.2, 0) is 9.53 Å². The fourth-order valence-corrected chi connectivity index (χ4v) is 2.98. The summed E-state index contributed by atoms with van der Waals surface area (Å²) >= 11 is 0. The van der Waals surface area contributed by atoms with E-state index < -0.39 is 0 Å². The molecule has 1 atom stereocenters. The summed E-state index contributed by atoms with van der Waals surface area (Å²) in [6, 6.07) is 0. The van der Waals surface area contributed by atoms with Crippen molar-refractivity contribution in [2.24, 2.45) is 0 Å². The SMILES string of the molecule is CCCCCCCCCCCCCCCCC1(C=O)CO1.O. The van der Waals surface area contributed by atoms with Crippen LogP contribution in [0.3, 0.4) is 0 Å². The van der Waals surface area contributed by atoms with E-state index in [-0.39, 0.29) is 11.1 Å². The maximum absolute atomic E-state index is 10.7. The lowest BCUT2D eigenvalue weighted by atomic mass is 10.0. The van der Waals surface area contributed by atoms with Gasteiger partial charge in [-0.2, -0.15) is 0 Å². The van der Waals surface area contributed by atoms with E-state index in [2.05, 4.69) is 6.92 Å². The molecular weight excluding hydrogens is 276 g/mol. The fraction of sp³-hybridized carbons (Fsp3) is 0.947. The van der Waals surface area contributed by atoms with Crippen molar-refractivity contribution in [2.75, 3.05) is 6.61 Å². The summed E-state index contributed by atoms with van der Waals surface area (Å²) < 4.78 is 5.19. The Morgan fingerprint density at radius 3 is 1.45 bits per heavy atom. The number of ether oxygens (including phenoxy) is 1. The van der Waals surface area contributed by atoms with Gasteiger partial charge in [-0.1, -0.05) is 96.8 Å². The molecule has 0 bridgehead atoms. The van der Waals surface area contributed by atoms with Gasteiger partial charge in [0.1, 0.15) is 5.60 Å². The average Bonchev–Trinajstić information content (AvgIpc) is 3.28. The minimum absolute atomic E-state index is 0. The van der Waals surface area contributed by atoms with E-state index in [0.717, 1.165) is 19.1 Å². The largest absolute Gasteiger partial charge is 0.412 e. The predicted octanol–water partition coefficient (Wildman–Crippen LogP) is 5.00. The number of aldehydes is 1. The van der Waals surface area contributed by atoms with Gasteiger partial charge in [0.05, 0.1) is 6.61 Å². The van der Waals surface area contributed by atoms with E-state index in [0.29, 0.717) is 6.61 Å². The van der Waals surface area contributed by atoms with Crippen LogP contribution in [0.5, 0.6) is 0 Å². The van der Waals surface area contributed by atoms with Crippen LogP contribution < -0.4 is 0 Å². The van der Waals surface area contributed by atoms with Gasteiger partial charge in [0, 0.05) is 0 Å². The summed E-state index contributed by atoms with van der Waals surface area (Å²) in [6.07, 6.45) is 21.2. The highest BCUT2D eigenvalue weighted by Crippen LogP contribution is 2.30. The average molecular weight is 315 g/mol. The Labute approximate surface area is 137 Å². The first-order valence-electron chi connectivity index (χ1n) is 9.43. The molecule has 22 heavy (non-hydrogen) atoms. The second-order valence-corrected chi connectivity index (χ2v) is 6.82. The highest BCUT2D eigenvalue weighted by atomic mass is 16.6. The van der Waals surface area contributed by atoms with Crippen molar-refractivity contribution in [3.63, 3.8) is 0 Å². The second kappa shape index (κ2) is 14.2. The first-order valence-corrected chi connectivity index (χ1v) is 9.43. The molecule has 2 N–H and O–H groups in total. The molecule has 1 saturated heterocycles. The van der Waals surface area contributed by atoms with E-state index >= 15 is 0 Å². The van der Waals surface area contributed by atoms with Crippen molar-refractivity contribution < 1.29 is 15.0 Å². The number of rotatable bonds is 16. The number of hydrogen-bond donors (Lipinski definition) is 0. The van der Waals surface area contributed by atoms with Gasteiger partial charge in [-0.3, -0.25) is 0 Å².